The van der Waals surface area contributed by atoms with Crippen molar-refractivity contribution in [2.75, 3.05) is 24.6 Å². The highest BCUT2D eigenvalue weighted by Gasteiger charge is 2.37. The standard InChI is InChI=1S/C10H17NOS/c1-9(12)11-5-2-10(3-6-11)4-7-13-8-10/h2-8H2,1H3. The van der Waals surface area contributed by atoms with Crippen LogP contribution in [0.1, 0.15) is 26.2 Å². The Bertz CT molecular complexity index is 201. The summed E-state index contributed by atoms with van der Waals surface area (Å²) in [7, 11) is 0. The number of amides is 1. The van der Waals surface area contributed by atoms with Gasteiger partial charge in [-0.2, -0.15) is 11.8 Å². The zero-order chi connectivity index (χ0) is 9.31. The first-order valence-corrected chi connectivity index (χ1v) is 6.21. The van der Waals surface area contributed by atoms with Gasteiger partial charge in [0.25, 0.3) is 0 Å². The first-order chi connectivity index (χ1) is 6.22. The van der Waals surface area contributed by atoms with Crippen LogP contribution in [-0.4, -0.2) is 35.4 Å². The fourth-order valence-corrected chi connectivity index (χ4v) is 3.93. The lowest BCUT2D eigenvalue weighted by Gasteiger charge is -2.38. The molecule has 3 heteroatoms. The highest BCUT2D eigenvalue weighted by Crippen LogP contribution is 2.43. The molecular formula is C10H17NOS. The fourth-order valence-electron chi connectivity index (χ4n) is 2.34. The number of likely N-dealkylation sites (tertiary alicyclic amines) is 1. The van der Waals surface area contributed by atoms with Gasteiger partial charge >= 0.3 is 0 Å². The second-order valence-electron chi connectivity index (χ2n) is 4.31. The highest BCUT2D eigenvalue weighted by atomic mass is 32.2. The van der Waals surface area contributed by atoms with E-state index in [1.165, 1.54) is 30.8 Å². The van der Waals surface area contributed by atoms with Gasteiger partial charge < -0.3 is 4.90 Å². The molecule has 0 saturated carbocycles. The van der Waals surface area contributed by atoms with Crippen molar-refractivity contribution in [1.29, 1.82) is 0 Å². The van der Waals surface area contributed by atoms with Crippen molar-refractivity contribution in [3.63, 3.8) is 0 Å². The Labute approximate surface area is 84.1 Å². The Kier molecular flexibility index (Phi) is 2.54. The fraction of sp³-hybridized carbons (Fsp3) is 0.900. The summed E-state index contributed by atoms with van der Waals surface area (Å²) in [4.78, 5) is 13.1. The summed E-state index contributed by atoms with van der Waals surface area (Å²) >= 11 is 2.09. The second-order valence-corrected chi connectivity index (χ2v) is 5.41. The van der Waals surface area contributed by atoms with Crippen LogP contribution in [-0.2, 0) is 4.79 Å². The van der Waals surface area contributed by atoms with E-state index in [2.05, 4.69) is 11.8 Å². The van der Waals surface area contributed by atoms with Crippen LogP contribution in [0.2, 0.25) is 0 Å². The smallest absolute Gasteiger partial charge is 0.219 e. The number of rotatable bonds is 0. The van der Waals surface area contributed by atoms with E-state index in [4.69, 9.17) is 0 Å². The van der Waals surface area contributed by atoms with Crippen LogP contribution >= 0.6 is 11.8 Å². The first-order valence-electron chi connectivity index (χ1n) is 5.05. The van der Waals surface area contributed by atoms with Gasteiger partial charge in [0.1, 0.15) is 0 Å². The van der Waals surface area contributed by atoms with Crippen LogP contribution < -0.4 is 0 Å². The molecule has 0 N–H and O–H groups in total. The summed E-state index contributed by atoms with van der Waals surface area (Å²) < 4.78 is 0. The molecule has 0 aliphatic carbocycles. The summed E-state index contributed by atoms with van der Waals surface area (Å²) in [5.41, 5.74) is 0.608. The maximum absolute atomic E-state index is 11.1. The van der Waals surface area contributed by atoms with Crippen LogP contribution in [0.25, 0.3) is 0 Å². The van der Waals surface area contributed by atoms with Gasteiger partial charge in [-0.15, -0.1) is 0 Å². The van der Waals surface area contributed by atoms with E-state index in [0.717, 1.165) is 13.1 Å². The molecule has 0 atom stereocenters. The van der Waals surface area contributed by atoms with E-state index < -0.39 is 0 Å². The largest absolute Gasteiger partial charge is 0.343 e. The number of hydrogen-bond acceptors (Lipinski definition) is 2. The Hall–Kier alpha value is -0.180. The van der Waals surface area contributed by atoms with E-state index in [1.807, 2.05) is 4.90 Å². The van der Waals surface area contributed by atoms with E-state index in [0.29, 0.717) is 5.41 Å². The summed E-state index contributed by atoms with van der Waals surface area (Å²) in [5.74, 6) is 2.92. The van der Waals surface area contributed by atoms with Crippen LogP contribution in [0.4, 0.5) is 0 Å². The van der Waals surface area contributed by atoms with Gasteiger partial charge in [0.05, 0.1) is 0 Å². The zero-order valence-corrected chi connectivity index (χ0v) is 9.03. The third-order valence-electron chi connectivity index (χ3n) is 3.45. The minimum absolute atomic E-state index is 0.250. The number of carbonyl (C=O) groups excluding carboxylic acids is 1. The Morgan fingerprint density at radius 1 is 1.31 bits per heavy atom. The molecule has 2 rings (SSSR count). The molecule has 2 saturated heterocycles. The number of carbonyl (C=O) groups is 1. The van der Waals surface area contributed by atoms with Crippen molar-refractivity contribution < 1.29 is 4.79 Å². The number of nitrogens with zero attached hydrogens (tertiary/aromatic N) is 1. The zero-order valence-electron chi connectivity index (χ0n) is 8.21. The van der Waals surface area contributed by atoms with Crippen LogP contribution in [0.15, 0.2) is 0 Å². The molecule has 2 nitrogen and oxygen atoms in total. The lowest BCUT2D eigenvalue weighted by Crippen LogP contribution is -2.42. The second kappa shape index (κ2) is 3.52. The van der Waals surface area contributed by atoms with Crippen molar-refractivity contribution in [1.82, 2.24) is 4.90 Å². The Morgan fingerprint density at radius 2 is 2.00 bits per heavy atom. The van der Waals surface area contributed by atoms with Gasteiger partial charge in [0.15, 0.2) is 0 Å². The van der Waals surface area contributed by atoms with Gasteiger partial charge in [-0.1, -0.05) is 0 Å². The molecule has 2 fully saturated rings. The molecule has 0 unspecified atom stereocenters. The lowest BCUT2D eigenvalue weighted by molar-refractivity contribution is -0.130. The molecule has 13 heavy (non-hydrogen) atoms. The Morgan fingerprint density at radius 3 is 2.46 bits per heavy atom. The van der Waals surface area contributed by atoms with Crippen molar-refractivity contribution in [3.8, 4) is 0 Å². The molecule has 0 aromatic heterocycles. The summed E-state index contributed by atoms with van der Waals surface area (Å²) in [6.07, 6.45) is 3.85. The lowest BCUT2D eigenvalue weighted by atomic mass is 9.78. The highest BCUT2D eigenvalue weighted by molar-refractivity contribution is 7.99. The Balaban J connectivity index is 1.91. The molecule has 0 aromatic carbocycles. The summed E-state index contributed by atoms with van der Waals surface area (Å²) in [6.45, 7) is 3.67. The maximum Gasteiger partial charge on any atom is 0.219 e. The van der Waals surface area contributed by atoms with E-state index in [-0.39, 0.29) is 5.91 Å². The predicted molar refractivity (Wildman–Crippen MR) is 55.9 cm³/mol. The van der Waals surface area contributed by atoms with Crippen molar-refractivity contribution in [3.05, 3.63) is 0 Å². The van der Waals surface area contributed by atoms with Crippen LogP contribution in [0.3, 0.4) is 0 Å². The van der Waals surface area contributed by atoms with Gasteiger partial charge in [-0.3, -0.25) is 4.79 Å². The van der Waals surface area contributed by atoms with Crippen LogP contribution in [0.5, 0.6) is 0 Å². The molecule has 0 bridgehead atoms. The number of piperidine rings is 1. The average molecular weight is 199 g/mol. The molecule has 2 aliphatic rings. The first kappa shape index (κ1) is 9.38. The SMILES string of the molecule is CC(=O)N1CCC2(CCSC2)CC1. The third kappa shape index (κ3) is 1.85. The van der Waals surface area contributed by atoms with E-state index in [1.54, 1.807) is 6.92 Å². The van der Waals surface area contributed by atoms with Crippen molar-refractivity contribution in [2.24, 2.45) is 5.41 Å². The van der Waals surface area contributed by atoms with E-state index in [9.17, 15) is 4.79 Å². The van der Waals surface area contributed by atoms with Crippen LogP contribution in [0, 0.1) is 5.41 Å². The third-order valence-corrected chi connectivity index (χ3v) is 4.76. The van der Waals surface area contributed by atoms with Gasteiger partial charge in [0.2, 0.25) is 5.91 Å². The van der Waals surface area contributed by atoms with Gasteiger partial charge in [-0.25, -0.2) is 0 Å². The van der Waals surface area contributed by atoms with Crippen molar-refractivity contribution in [2.45, 2.75) is 26.2 Å². The molecule has 0 aromatic rings. The molecule has 2 heterocycles. The molecule has 0 radical (unpaired) electrons. The van der Waals surface area contributed by atoms with Gasteiger partial charge in [0, 0.05) is 20.0 Å². The molecular weight excluding hydrogens is 182 g/mol. The average Bonchev–Trinajstić information content (AvgIpc) is 2.54. The maximum atomic E-state index is 11.1. The quantitative estimate of drug-likeness (QED) is 0.592. The predicted octanol–water partition coefficient (Wildman–Crippen LogP) is 1.75. The monoisotopic (exact) mass is 199 g/mol. The minimum atomic E-state index is 0.250. The molecule has 74 valence electrons. The summed E-state index contributed by atoms with van der Waals surface area (Å²) in [5, 5.41) is 0. The van der Waals surface area contributed by atoms with Crippen molar-refractivity contribution >= 4 is 17.7 Å². The topological polar surface area (TPSA) is 20.3 Å². The molecule has 1 amide bonds. The van der Waals surface area contributed by atoms with Gasteiger partial charge in [-0.05, 0) is 36.2 Å². The number of hydrogen-bond donors (Lipinski definition) is 0. The molecule has 1 spiro atoms. The molecule has 2 aliphatic heterocycles. The summed E-state index contributed by atoms with van der Waals surface area (Å²) in [6, 6.07) is 0. The number of thioether (sulfide) groups is 1. The normalized spacial score (nSPS) is 26.7. The van der Waals surface area contributed by atoms with E-state index >= 15 is 0 Å². The minimum Gasteiger partial charge on any atom is -0.343 e.